The minimum atomic E-state index is 0.780. The lowest BCUT2D eigenvalue weighted by molar-refractivity contribution is 0.358. The molecule has 0 aromatic heterocycles. The summed E-state index contributed by atoms with van der Waals surface area (Å²) >= 11 is 2.20. The van der Waals surface area contributed by atoms with Gasteiger partial charge in [-0.05, 0) is 49.5 Å². The first-order chi connectivity index (χ1) is 8.43. The first-order valence-corrected chi connectivity index (χ1v) is 7.88. The summed E-state index contributed by atoms with van der Waals surface area (Å²) in [6.07, 6.45) is 5.43. The van der Waals surface area contributed by atoms with Gasteiger partial charge in [-0.2, -0.15) is 11.8 Å². The maximum absolute atomic E-state index is 3.73. The number of benzene rings is 1. The highest BCUT2D eigenvalue weighted by Crippen LogP contribution is 2.39. The number of thioether (sulfide) groups is 1. The fourth-order valence-electron chi connectivity index (χ4n) is 3.17. The van der Waals surface area contributed by atoms with Crippen LogP contribution in [0.1, 0.15) is 37.2 Å². The molecule has 3 unspecified atom stereocenters. The summed E-state index contributed by atoms with van der Waals surface area (Å²) in [6, 6.07) is 11.9. The largest absolute Gasteiger partial charge is 0.313 e. The van der Waals surface area contributed by atoms with E-state index in [4.69, 9.17) is 0 Å². The molecule has 1 aromatic carbocycles. The lowest BCUT2D eigenvalue weighted by Crippen LogP contribution is -2.41. The topological polar surface area (TPSA) is 12.0 Å². The van der Waals surface area contributed by atoms with Gasteiger partial charge in [0.05, 0.1) is 0 Å². The van der Waals surface area contributed by atoms with Gasteiger partial charge >= 0.3 is 0 Å². The molecule has 0 bridgehead atoms. The fraction of sp³-hybridized carbons (Fsp3) is 0.600. The molecular weight excluding hydrogens is 226 g/mol. The van der Waals surface area contributed by atoms with Crippen LogP contribution < -0.4 is 5.32 Å². The molecule has 1 heterocycles. The van der Waals surface area contributed by atoms with E-state index in [0.717, 1.165) is 17.2 Å². The van der Waals surface area contributed by atoms with Crippen molar-refractivity contribution in [3.05, 3.63) is 35.9 Å². The van der Waals surface area contributed by atoms with Gasteiger partial charge in [-0.3, -0.25) is 0 Å². The van der Waals surface area contributed by atoms with Crippen molar-refractivity contribution < 1.29 is 0 Å². The Morgan fingerprint density at radius 2 is 2.00 bits per heavy atom. The molecule has 0 radical (unpaired) electrons. The molecule has 3 rings (SSSR count). The van der Waals surface area contributed by atoms with Crippen LogP contribution in [0.15, 0.2) is 30.3 Å². The molecule has 1 aromatic rings. The monoisotopic (exact) mass is 247 g/mol. The predicted octanol–water partition coefficient (Wildman–Crippen LogP) is 3.42. The van der Waals surface area contributed by atoms with Crippen molar-refractivity contribution in [2.45, 2.75) is 42.9 Å². The Morgan fingerprint density at radius 1 is 1.12 bits per heavy atom. The van der Waals surface area contributed by atoms with Crippen molar-refractivity contribution in [1.82, 2.24) is 5.32 Å². The molecule has 3 atom stereocenters. The minimum absolute atomic E-state index is 0.780. The second-order valence-corrected chi connectivity index (χ2v) is 6.59. The Hall–Kier alpha value is -0.470. The smallest absolute Gasteiger partial charge is 0.0207 e. The third kappa shape index (κ3) is 2.69. The van der Waals surface area contributed by atoms with Crippen molar-refractivity contribution in [3.63, 3.8) is 0 Å². The van der Waals surface area contributed by atoms with Crippen molar-refractivity contribution in [3.8, 4) is 0 Å². The van der Waals surface area contributed by atoms with E-state index < -0.39 is 0 Å². The van der Waals surface area contributed by atoms with Gasteiger partial charge < -0.3 is 5.32 Å². The van der Waals surface area contributed by atoms with E-state index in [1.54, 1.807) is 5.56 Å². The molecule has 1 saturated heterocycles. The molecular formula is C15H21NS. The van der Waals surface area contributed by atoms with E-state index in [2.05, 4.69) is 47.4 Å². The zero-order chi connectivity index (χ0) is 11.5. The number of fused-ring (bicyclic) bond motifs is 1. The van der Waals surface area contributed by atoms with E-state index in [1.165, 1.54) is 38.0 Å². The normalized spacial score (nSPS) is 33.8. The SMILES string of the molecule is c1ccc(C2CCC3NCCCSC3C2)cc1. The van der Waals surface area contributed by atoms with Crippen LogP contribution in [0.4, 0.5) is 0 Å². The Kier molecular flexibility index (Phi) is 3.72. The molecule has 2 aliphatic rings. The van der Waals surface area contributed by atoms with Crippen LogP contribution in [0.5, 0.6) is 0 Å². The van der Waals surface area contributed by atoms with Gasteiger partial charge in [0.15, 0.2) is 0 Å². The number of hydrogen-bond acceptors (Lipinski definition) is 2. The average molecular weight is 247 g/mol. The summed E-state index contributed by atoms with van der Waals surface area (Å²) in [4.78, 5) is 0. The molecule has 0 amide bonds. The lowest BCUT2D eigenvalue weighted by atomic mass is 9.81. The lowest BCUT2D eigenvalue weighted by Gasteiger charge is -2.35. The third-order valence-electron chi connectivity index (χ3n) is 4.12. The predicted molar refractivity (Wildman–Crippen MR) is 75.7 cm³/mol. The molecule has 1 nitrogen and oxygen atoms in total. The van der Waals surface area contributed by atoms with Gasteiger partial charge in [0, 0.05) is 11.3 Å². The summed E-state index contributed by atoms with van der Waals surface area (Å²) in [6.45, 7) is 1.23. The van der Waals surface area contributed by atoms with Crippen molar-refractivity contribution in [1.29, 1.82) is 0 Å². The zero-order valence-corrected chi connectivity index (χ0v) is 11.1. The van der Waals surface area contributed by atoms with Crippen LogP contribution in [-0.2, 0) is 0 Å². The van der Waals surface area contributed by atoms with Crippen LogP contribution in [0.25, 0.3) is 0 Å². The zero-order valence-electron chi connectivity index (χ0n) is 10.3. The van der Waals surface area contributed by atoms with E-state index >= 15 is 0 Å². The molecule has 1 aliphatic carbocycles. The van der Waals surface area contributed by atoms with Crippen LogP contribution in [0.2, 0.25) is 0 Å². The molecule has 92 valence electrons. The molecule has 2 fully saturated rings. The summed E-state index contributed by atoms with van der Waals surface area (Å²) in [7, 11) is 0. The van der Waals surface area contributed by atoms with Crippen LogP contribution in [0.3, 0.4) is 0 Å². The van der Waals surface area contributed by atoms with Gasteiger partial charge in [0.25, 0.3) is 0 Å². The Balaban J connectivity index is 1.70. The number of hydrogen-bond donors (Lipinski definition) is 1. The summed E-state index contributed by atoms with van der Waals surface area (Å²) in [5.41, 5.74) is 1.55. The van der Waals surface area contributed by atoms with Crippen LogP contribution >= 0.6 is 11.8 Å². The third-order valence-corrected chi connectivity index (χ3v) is 5.60. The highest BCUT2D eigenvalue weighted by molar-refractivity contribution is 7.99. The van der Waals surface area contributed by atoms with E-state index in [9.17, 15) is 0 Å². The Morgan fingerprint density at radius 3 is 2.88 bits per heavy atom. The maximum atomic E-state index is 3.73. The highest BCUT2D eigenvalue weighted by atomic mass is 32.2. The second kappa shape index (κ2) is 5.45. The number of nitrogens with one attached hydrogen (secondary N) is 1. The second-order valence-electron chi connectivity index (χ2n) is 5.24. The minimum Gasteiger partial charge on any atom is -0.313 e. The first kappa shape index (κ1) is 11.6. The van der Waals surface area contributed by atoms with Gasteiger partial charge in [0.2, 0.25) is 0 Å². The van der Waals surface area contributed by atoms with Gasteiger partial charge in [-0.25, -0.2) is 0 Å². The molecule has 1 N–H and O–H groups in total. The van der Waals surface area contributed by atoms with E-state index in [-0.39, 0.29) is 0 Å². The fourth-order valence-corrected chi connectivity index (χ4v) is 4.62. The molecule has 0 spiro atoms. The molecule has 17 heavy (non-hydrogen) atoms. The summed E-state index contributed by atoms with van der Waals surface area (Å²) < 4.78 is 0. The highest BCUT2D eigenvalue weighted by Gasteiger charge is 2.32. The van der Waals surface area contributed by atoms with E-state index in [1.807, 2.05) is 0 Å². The van der Waals surface area contributed by atoms with Gasteiger partial charge in [0.1, 0.15) is 0 Å². The first-order valence-electron chi connectivity index (χ1n) is 6.83. The number of rotatable bonds is 1. The van der Waals surface area contributed by atoms with E-state index in [0.29, 0.717) is 0 Å². The summed E-state index contributed by atoms with van der Waals surface area (Å²) in [5.74, 6) is 2.14. The quantitative estimate of drug-likeness (QED) is 0.816. The average Bonchev–Trinajstić information content (AvgIpc) is 2.64. The van der Waals surface area contributed by atoms with Crippen molar-refractivity contribution in [2.24, 2.45) is 0 Å². The van der Waals surface area contributed by atoms with Crippen LogP contribution in [0, 0.1) is 0 Å². The van der Waals surface area contributed by atoms with Crippen LogP contribution in [-0.4, -0.2) is 23.6 Å². The standard InChI is InChI=1S/C15H21NS/c1-2-5-12(6-3-1)13-7-8-14-15(11-13)17-10-4-9-16-14/h1-3,5-6,13-16H,4,7-11H2. The Labute approximate surface area is 108 Å². The maximum Gasteiger partial charge on any atom is 0.0207 e. The molecule has 1 saturated carbocycles. The molecule has 2 heteroatoms. The Bertz CT molecular complexity index is 351. The van der Waals surface area contributed by atoms with Crippen molar-refractivity contribution >= 4 is 11.8 Å². The van der Waals surface area contributed by atoms with Crippen molar-refractivity contribution in [2.75, 3.05) is 12.3 Å². The van der Waals surface area contributed by atoms with Gasteiger partial charge in [-0.1, -0.05) is 30.3 Å². The molecule has 1 aliphatic heterocycles. The summed E-state index contributed by atoms with van der Waals surface area (Å²) in [5, 5.41) is 4.58. The van der Waals surface area contributed by atoms with Gasteiger partial charge in [-0.15, -0.1) is 0 Å².